The first kappa shape index (κ1) is 21.1. The fraction of sp³-hybridized carbons (Fsp3) is 0.0714. The van der Waals surface area contributed by atoms with Crippen LogP contribution in [0.3, 0.4) is 0 Å². The molecule has 4 nitrogen and oxygen atoms in total. The molecule has 0 atom stereocenters. The smallest absolute Gasteiger partial charge is 0.257 e. The van der Waals surface area contributed by atoms with Crippen molar-refractivity contribution in [2.75, 3.05) is 0 Å². The van der Waals surface area contributed by atoms with Crippen LogP contribution in [0.2, 0.25) is 0 Å². The molecule has 158 valence electrons. The molecule has 4 rings (SSSR count). The summed E-state index contributed by atoms with van der Waals surface area (Å²) in [5.41, 5.74) is 2.81. The molecule has 4 aromatic carbocycles. The summed E-state index contributed by atoms with van der Waals surface area (Å²) in [5.74, 6) is -0.819. The molecule has 4 heteroatoms. The van der Waals surface area contributed by atoms with Gasteiger partial charge in [0.1, 0.15) is 5.57 Å². The van der Waals surface area contributed by atoms with E-state index in [0.717, 1.165) is 27.5 Å². The molecule has 0 spiro atoms. The minimum absolute atomic E-state index is 0.0761. The van der Waals surface area contributed by atoms with Gasteiger partial charge < -0.3 is 10.6 Å². The van der Waals surface area contributed by atoms with E-state index in [1.165, 1.54) is 0 Å². The zero-order valence-electron chi connectivity index (χ0n) is 17.6. The highest BCUT2D eigenvalue weighted by Gasteiger charge is 2.18. The average molecular weight is 421 g/mol. The van der Waals surface area contributed by atoms with E-state index in [1.807, 2.05) is 103 Å². The van der Waals surface area contributed by atoms with E-state index in [9.17, 15) is 9.59 Å². The lowest BCUT2D eigenvalue weighted by atomic mass is 10.0. The van der Waals surface area contributed by atoms with Gasteiger partial charge in [0.2, 0.25) is 0 Å². The molecule has 0 unspecified atom stereocenters. The zero-order valence-corrected chi connectivity index (χ0v) is 17.6. The van der Waals surface area contributed by atoms with Crippen LogP contribution in [0.4, 0.5) is 0 Å². The predicted molar refractivity (Wildman–Crippen MR) is 129 cm³/mol. The Morgan fingerprint density at radius 2 is 1.09 bits per heavy atom. The number of nitrogens with one attached hydrogen (secondary N) is 2. The van der Waals surface area contributed by atoms with Crippen molar-refractivity contribution in [2.45, 2.75) is 13.1 Å². The van der Waals surface area contributed by atoms with Crippen molar-refractivity contribution in [3.05, 3.63) is 125 Å². The molecule has 0 bridgehead atoms. The van der Waals surface area contributed by atoms with Crippen molar-refractivity contribution in [3.63, 3.8) is 0 Å². The Kier molecular flexibility index (Phi) is 6.73. The molecule has 2 N–H and O–H groups in total. The second-order valence-corrected chi connectivity index (χ2v) is 7.50. The van der Waals surface area contributed by atoms with Gasteiger partial charge in [-0.15, -0.1) is 0 Å². The van der Waals surface area contributed by atoms with E-state index in [0.29, 0.717) is 13.1 Å². The number of carbonyl (C=O) groups excluding carboxylic acids is 2. The third kappa shape index (κ3) is 5.49. The lowest BCUT2D eigenvalue weighted by Crippen LogP contribution is -2.34. The van der Waals surface area contributed by atoms with Crippen molar-refractivity contribution in [1.82, 2.24) is 10.6 Å². The Morgan fingerprint density at radius 1 is 0.594 bits per heavy atom. The third-order valence-corrected chi connectivity index (χ3v) is 5.17. The highest BCUT2D eigenvalue weighted by molar-refractivity contribution is 6.21. The molecule has 0 saturated heterocycles. The SMILES string of the molecule is O=C(NCc1ccccc1)C(=Cc1ccc2ccccc2c1)C(=O)NCc1ccccc1. The molecule has 0 saturated carbocycles. The van der Waals surface area contributed by atoms with Crippen molar-refractivity contribution in [3.8, 4) is 0 Å². The van der Waals surface area contributed by atoms with Crippen LogP contribution in [0.25, 0.3) is 16.8 Å². The lowest BCUT2D eigenvalue weighted by molar-refractivity contribution is -0.123. The fourth-order valence-electron chi connectivity index (χ4n) is 3.45. The Balaban J connectivity index is 1.57. The van der Waals surface area contributed by atoms with E-state index in [4.69, 9.17) is 0 Å². The molecule has 0 aliphatic carbocycles. The number of fused-ring (bicyclic) bond motifs is 1. The van der Waals surface area contributed by atoms with Crippen molar-refractivity contribution >= 4 is 28.7 Å². The molecular formula is C28H24N2O2. The Hall–Kier alpha value is -4.18. The van der Waals surface area contributed by atoms with E-state index < -0.39 is 11.8 Å². The van der Waals surface area contributed by atoms with Gasteiger partial charge in [0.05, 0.1) is 0 Å². The number of amides is 2. The van der Waals surface area contributed by atoms with Gasteiger partial charge in [-0.3, -0.25) is 9.59 Å². The van der Waals surface area contributed by atoms with Crippen LogP contribution in [0, 0.1) is 0 Å². The van der Waals surface area contributed by atoms with Gasteiger partial charge in [0, 0.05) is 13.1 Å². The van der Waals surface area contributed by atoms with E-state index >= 15 is 0 Å². The van der Waals surface area contributed by atoms with Gasteiger partial charge >= 0.3 is 0 Å². The van der Waals surface area contributed by atoms with Crippen LogP contribution in [0.1, 0.15) is 16.7 Å². The number of benzene rings is 4. The largest absolute Gasteiger partial charge is 0.348 e. The molecule has 0 aliphatic heterocycles. The highest BCUT2D eigenvalue weighted by Crippen LogP contribution is 2.18. The standard InChI is InChI=1S/C28H24N2O2/c31-27(29-19-21-9-3-1-4-10-21)26(28(32)30-20-22-11-5-2-6-12-22)18-23-15-16-24-13-7-8-14-25(24)17-23/h1-18H,19-20H2,(H,29,31)(H,30,32). The van der Waals surface area contributed by atoms with Gasteiger partial charge in [0.15, 0.2) is 0 Å². The lowest BCUT2D eigenvalue weighted by Gasteiger charge is -2.11. The molecule has 2 amide bonds. The maximum Gasteiger partial charge on any atom is 0.257 e. The van der Waals surface area contributed by atoms with Crippen LogP contribution in [-0.2, 0) is 22.7 Å². The number of rotatable bonds is 7. The van der Waals surface area contributed by atoms with Gasteiger partial charge in [0.25, 0.3) is 11.8 Å². The maximum absolute atomic E-state index is 13.0. The van der Waals surface area contributed by atoms with Gasteiger partial charge in [-0.25, -0.2) is 0 Å². The number of carbonyl (C=O) groups is 2. The van der Waals surface area contributed by atoms with Crippen molar-refractivity contribution < 1.29 is 9.59 Å². The summed E-state index contributed by atoms with van der Waals surface area (Å²) in [6.45, 7) is 0.696. The second-order valence-electron chi connectivity index (χ2n) is 7.50. The molecule has 0 radical (unpaired) electrons. The summed E-state index contributed by atoms with van der Waals surface area (Å²) >= 11 is 0. The van der Waals surface area contributed by atoms with Crippen LogP contribution in [0.5, 0.6) is 0 Å². The topological polar surface area (TPSA) is 58.2 Å². The predicted octanol–water partition coefficient (Wildman–Crippen LogP) is 4.86. The highest BCUT2D eigenvalue weighted by atomic mass is 16.2. The van der Waals surface area contributed by atoms with Crippen LogP contribution >= 0.6 is 0 Å². The average Bonchev–Trinajstić information content (AvgIpc) is 2.85. The Labute approximate surface area is 187 Å². The number of hydrogen-bond acceptors (Lipinski definition) is 2. The van der Waals surface area contributed by atoms with E-state index in [-0.39, 0.29) is 5.57 Å². The van der Waals surface area contributed by atoms with Crippen molar-refractivity contribution in [1.29, 1.82) is 0 Å². The Bertz CT molecular complexity index is 1190. The molecule has 4 aromatic rings. The van der Waals surface area contributed by atoms with Gasteiger partial charge in [-0.2, -0.15) is 0 Å². The summed E-state index contributed by atoms with van der Waals surface area (Å²) in [5, 5.41) is 7.89. The fourth-order valence-corrected chi connectivity index (χ4v) is 3.45. The minimum Gasteiger partial charge on any atom is -0.348 e. The first-order chi connectivity index (χ1) is 15.7. The minimum atomic E-state index is -0.410. The quantitative estimate of drug-likeness (QED) is 0.255. The molecule has 0 aliphatic rings. The summed E-state index contributed by atoms with van der Waals surface area (Å²) in [6.07, 6.45) is 1.65. The molecule has 32 heavy (non-hydrogen) atoms. The molecule has 0 fully saturated rings. The van der Waals surface area contributed by atoms with Crippen molar-refractivity contribution in [2.24, 2.45) is 0 Å². The summed E-state index contributed by atoms with van der Waals surface area (Å²) in [6, 6.07) is 33.1. The van der Waals surface area contributed by atoms with Gasteiger partial charge in [-0.1, -0.05) is 97.1 Å². The van der Waals surface area contributed by atoms with Crippen LogP contribution in [-0.4, -0.2) is 11.8 Å². The maximum atomic E-state index is 13.0. The molecule has 0 aromatic heterocycles. The van der Waals surface area contributed by atoms with Gasteiger partial charge in [-0.05, 0) is 39.6 Å². The monoisotopic (exact) mass is 420 g/mol. The number of hydrogen-bond donors (Lipinski definition) is 2. The normalized spacial score (nSPS) is 10.4. The first-order valence-electron chi connectivity index (χ1n) is 10.5. The zero-order chi connectivity index (χ0) is 22.2. The second kappa shape index (κ2) is 10.2. The summed E-state index contributed by atoms with van der Waals surface area (Å²) in [4.78, 5) is 26.0. The van der Waals surface area contributed by atoms with Crippen LogP contribution in [0.15, 0.2) is 109 Å². The molecule has 0 heterocycles. The van der Waals surface area contributed by atoms with Crippen LogP contribution < -0.4 is 10.6 Å². The van der Waals surface area contributed by atoms with E-state index in [2.05, 4.69) is 10.6 Å². The summed E-state index contributed by atoms with van der Waals surface area (Å²) in [7, 11) is 0. The Morgan fingerprint density at radius 3 is 1.66 bits per heavy atom. The summed E-state index contributed by atoms with van der Waals surface area (Å²) < 4.78 is 0. The first-order valence-corrected chi connectivity index (χ1v) is 10.5. The molecular weight excluding hydrogens is 396 g/mol. The van der Waals surface area contributed by atoms with E-state index in [1.54, 1.807) is 6.08 Å². The third-order valence-electron chi connectivity index (χ3n) is 5.17.